The average molecular weight is 255 g/mol. The Hall–Kier alpha value is -2.06. The molecule has 0 saturated heterocycles. The molecule has 88 valence electrons. The summed E-state index contributed by atoms with van der Waals surface area (Å²) in [5, 5.41) is 1.90. The molecule has 0 atom stereocenters. The Kier molecular flexibility index (Phi) is 2.87. The standard InChI is InChI=1S/C15H11ClN2/c16-14-4-2-1-3-12(14)10-18-13-6-5-11-7-8-17-15(11)9-13/h1-10,17H. The topological polar surface area (TPSA) is 28.1 Å². The third kappa shape index (κ3) is 2.15. The van der Waals surface area contributed by atoms with Gasteiger partial charge in [0, 0.05) is 28.5 Å². The van der Waals surface area contributed by atoms with Crippen LogP contribution in [0.5, 0.6) is 0 Å². The lowest BCUT2D eigenvalue weighted by Gasteiger charge is -1.97. The van der Waals surface area contributed by atoms with E-state index in [1.165, 1.54) is 5.39 Å². The second kappa shape index (κ2) is 4.67. The molecule has 0 aliphatic carbocycles. The maximum absolute atomic E-state index is 6.07. The molecule has 1 aromatic heterocycles. The van der Waals surface area contributed by atoms with Gasteiger partial charge in [-0.15, -0.1) is 0 Å². The highest BCUT2D eigenvalue weighted by Gasteiger charge is 1.97. The smallest absolute Gasteiger partial charge is 0.0650 e. The van der Waals surface area contributed by atoms with E-state index in [4.69, 9.17) is 11.6 Å². The second-order valence-electron chi connectivity index (χ2n) is 4.03. The fourth-order valence-corrected chi connectivity index (χ4v) is 2.02. The van der Waals surface area contributed by atoms with Crippen molar-refractivity contribution in [1.29, 1.82) is 0 Å². The lowest BCUT2D eigenvalue weighted by molar-refractivity contribution is 1.46. The van der Waals surface area contributed by atoms with Crippen LogP contribution in [0.15, 0.2) is 59.7 Å². The van der Waals surface area contributed by atoms with Crippen LogP contribution in [-0.2, 0) is 0 Å². The van der Waals surface area contributed by atoms with Crippen molar-refractivity contribution in [3.63, 3.8) is 0 Å². The number of halogens is 1. The van der Waals surface area contributed by atoms with Crippen LogP contribution in [0.4, 0.5) is 5.69 Å². The van der Waals surface area contributed by atoms with Gasteiger partial charge < -0.3 is 4.98 Å². The Labute approximate surface area is 110 Å². The molecule has 0 radical (unpaired) electrons. The van der Waals surface area contributed by atoms with E-state index in [1.54, 1.807) is 6.21 Å². The minimum absolute atomic E-state index is 0.710. The molecule has 0 spiro atoms. The first kappa shape index (κ1) is 11.1. The molecule has 0 aliphatic heterocycles. The fourth-order valence-electron chi connectivity index (χ4n) is 1.84. The van der Waals surface area contributed by atoms with E-state index in [0.717, 1.165) is 16.8 Å². The van der Waals surface area contributed by atoms with Crippen molar-refractivity contribution in [2.45, 2.75) is 0 Å². The van der Waals surface area contributed by atoms with Crippen molar-refractivity contribution in [3.8, 4) is 0 Å². The zero-order valence-electron chi connectivity index (χ0n) is 9.60. The molecule has 2 nitrogen and oxygen atoms in total. The molecular formula is C15H11ClN2. The molecule has 0 saturated carbocycles. The molecule has 3 rings (SSSR count). The number of aromatic nitrogens is 1. The second-order valence-corrected chi connectivity index (χ2v) is 4.44. The number of H-pyrrole nitrogens is 1. The largest absolute Gasteiger partial charge is 0.361 e. The maximum Gasteiger partial charge on any atom is 0.0650 e. The quantitative estimate of drug-likeness (QED) is 0.649. The molecule has 18 heavy (non-hydrogen) atoms. The van der Waals surface area contributed by atoms with Gasteiger partial charge in [0.25, 0.3) is 0 Å². The number of aromatic amines is 1. The summed E-state index contributed by atoms with van der Waals surface area (Å²) in [5.41, 5.74) is 2.92. The van der Waals surface area contributed by atoms with Crippen molar-refractivity contribution in [2.24, 2.45) is 4.99 Å². The SMILES string of the molecule is Clc1ccccc1C=Nc1ccc2cc[nH]c2c1. The van der Waals surface area contributed by atoms with Crippen molar-refractivity contribution in [1.82, 2.24) is 4.98 Å². The van der Waals surface area contributed by atoms with Gasteiger partial charge in [0.05, 0.1) is 5.69 Å². The van der Waals surface area contributed by atoms with E-state index in [-0.39, 0.29) is 0 Å². The number of nitrogens with one attached hydrogen (secondary N) is 1. The molecule has 2 aromatic carbocycles. The number of aliphatic imine (C=N–C) groups is 1. The predicted octanol–water partition coefficient (Wildman–Crippen LogP) is 4.57. The lowest BCUT2D eigenvalue weighted by Crippen LogP contribution is -1.81. The van der Waals surface area contributed by atoms with Gasteiger partial charge >= 0.3 is 0 Å². The zero-order valence-corrected chi connectivity index (χ0v) is 10.4. The first-order chi connectivity index (χ1) is 8.83. The van der Waals surface area contributed by atoms with E-state index in [2.05, 4.69) is 9.98 Å². The summed E-state index contributed by atoms with van der Waals surface area (Å²) in [4.78, 5) is 7.61. The Balaban J connectivity index is 1.94. The molecule has 0 bridgehead atoms. The number of hydrogen-bond donors (Lipinski definition) is 1. The molecule has 1 heterocycles. The van der Waals surface area contributed by atoms with Crippen LogP contribution in [0.25, 0.3) is 10.9 Å². The number of rotatable bonds is 2. The van der Waals surface area contributed by atoms with Crippen LogP contribution in [0, 0.1) is 0 Å². The minimum atomic E-state index is 0.710. The summed E-state index contributed by atoms with van der Waals surface area (Å²) < 4.78 is 0. The summed E-state index contributed by atoms with van der Waals surface area (Å²) >= 11 is 6.07. The van der Waals surface area contributed by atoms with Crippen molar-refractivity contribution in [2.75, 3.05) is 0 Å². The molecule has 3 heteroatoms. The van der Waals surface area contributed by atoms with Gasteiger partial charge in [-0.05, 0) is 29.7 Å². The van der Waals surface area contributed by atoms with Gasteiger partial charge in [0.2, 0.25) is 0 Å². The van der Waals surface area contributed by atoms with Crippen LogP contribution >= 0.6 is 11.6 Å². The van der Waals surface area contributed by atoms with Crippen LogP contribution in [0.3, 0.4) is 0 Å². The van der Waals surface area contributed by atoms with Gasteiger partial charge in [-0.3, -0.25) is 4.99 Å². The molecule has 0 amide bonds. The van der Waals surface area contributed by atoms with Crippen molar-refractivity contribution in [3.05, 3.63) is 65.3 Å². The Morgan fingerprint density at radius 3 is 2.83 bits per heavy atom. The van der Waals surface area contributed by atoms with E-state index in [1.807, 2.05) is 54.7 Å². The lowest BCUT2D eigenvalue weighted by atomic mass is 10.2. The fraction of sp³-hybridized carbons (Fsp3) is 0. The Morgan fingerprint density at radius 2 is 1.94 bits per heavy atom. The first-order valence-corrected chi connectivity index (χ1v) is 6.06. The third-order valence-corrected chi connectivity index (χ3v) is 3.14. The van der Waals surface area contributed by atoms with Crippen LogP contribution in [0.1, 0.15) is 5.56 Å². The van der Waals surface area contributed by atoms with Gasteiger partial charge in [-0.25, -0.2) is 0 Å². The van der Waals surface area contributed by atoms with E-state index in [9.17, 15) is 0 Å². The molecule has 3 aromatic rings. The van der Waals surface area contributed by atoms with Gasteiger partial charge in [-0.1, -0.05) is 35.9 Å². The Bertz CT molecular complexity index is 713. The summed E-state index contributed by atoms with van der Waals surface area (Å²) in [6.45, 7) is 0. The predicted molar refractivity (Wildman–Crippen MR) is 77.0 cm³/mol. The van der Waals surface area contributed by atoms with Crippen LogP contribution < -0.4 is 0 Å². The first-order valence-electron chi connectivity index (χ1n) is 5.69. The molecule has 0 aliphatic rings. The highest BCUT2D eigenvalue weighted by atomic mass is 35.5. The van der Waals surface area contributed by atoms with E-state index >= 15 is 0 Å². The Morgan fingerprint density at radius 1 is 1.06 bits per heavy atom. The summed E-state index contributed by atoms with van der Waals surface area (Å²) in [5.74, 6) is 0. The zero-order chi connectivity index (χ0) is 12.4. The van der Waals surface area contributed by atoms with E-state index in [0.29, 0.717) is 5.02 Å². The molecule has 0 fully saturated rings. The highest BCUT2D eigenvalue weighted by molar-refractivity contribution is 6.33. The molecule has 0 unspecified atom stereocenters. The summed E-state index contributed by atoms with van der Waals surface area (Å²) in [7, 11) is 0. The highest BCUT2D eigenvalue weighted by Crippen LogP contribution is 2.20. The number of hydrogen-bond acceptors (Lipinski definition) is 1. The van der Waals surface area contributed by atoms with Crippen LogP contribution in [-0.4, -0.2) is 11.2 Å². The summed E-state index contributed by atoms with van der Waals surface area (Å²) in [6, 6.07) is 15.7. The van der Waals surface area contributed by atoms with Crippen LogP contribution in [0.2, 0.25) is 5.02 Å². The van der Waals surface area contributed by atoms with Gasteiger partial charge in [0.1, 0.15) is 0 Å². The molecule has 1 N–H and O–H groups in total. The molecular weight excluding hydrogens is 244 g/mol. The van der Waals surface area contributed by atoms with E-state index < -0.39 is 0 Å². The monoisotopic (exact) mass is 254 g/mol. The maximum atomic E-state index is 6.07. The normalized spacial score (nSPS) is 11.4. The minimum Gasteiger partial charge on any atom is -0.361 e. The van der Waals surface area contributed by atoms with Crippen molar-refractivity contribution < 1.29 is 0 Å². The summed E-state index contributed by atoms with van der Waals surface area (Å²) in [6.07, 6.45) is 3.71. The van der Waals surface area contributed by atoms with Crippen molar-refractivity contribution >= 4 is 34.4 Å². The number of nitrogens with zero attached hydrogens (tertiary/aromatic N) is 1. The third-order valence-electron chi connectivity index (χ3n) is 2.80. The number of fused-ring (bicyclic) bond motifs is 1. The van der Waals surface area contributed by atoms with Gasteiger partial charge in [0.15, 0.2) is 0 Å². The average Bonchev–Trinajstić information content (AvgIpc) is 2.85. The van der Waals surface area contributed by atoms with Gasteiger partial charge in [-0.2, -0.15) is 0 Å². The number of benzene rings is 2.